The molecule has 0 radical (unpaired) electrons. The molecule has 0 bridgehead atoms. The molecule has 0 unspecified atom stereocenters. The molecule has 6 heteroatoms. The third-order valence-corrected chi connectivity index (χ3v) is 3.82. The lowest BCUT2D eigenvalue weighted by molar-refractivity contribution is 0.249. The fourth-order valence-corrected chi connectivity index (χ4v) is 2.67. The van der Waals surface area contributed by atoms with E-state index in [9.17, 15) is 4.79 Å². The lowest BCUT2D eigenvalue weighted by Crippen LogP contribution is -2.25. The highest BCUT2D eigenvalue weighted by Crippen LogP contribution is 2.20. The highest BCUT2D eigenvalue weighted by molar-refractivity contribution is 5.83. The molecule has 0 aromatic heterocycles. The van der Waals surface area contributed by atoms with Crippen molar-refractivity contribution in [1.82, 2.24) is 10.3 Å². The van der Waals surface area contributed by atoms with E-state index in [0.29, 0.717) is 0 Å². The molecule has 6 nitrogen and oxygen atoms in total. The van der Waals surface area contributed by atoms with Crippen molar-refractivity contribution in [2.45, 2.75) is 32.2 Å². The van der Waals surface area contributed by atoms with Crippen LogP contribution in [0.3, 0.4) is 0 Å². The Balaban J connectivity index is 2.14. The van der Waals surface area contributed by atoms with Crippen LogP contribution in [0.4, 0.5) is 4.79 Å². The van der Waals surface area contributed by atoms with Crippen molar-refractivity contribution in [3.05, 3.63) is 29.3 Å². The summed E-state index contributed by atoms with van der Waals surface area (Å²) in [7, 11) is 1.66. The van der Waals surface area contributed by atoms with Crippen molar-refractivity contribution >= 4 is 12.2 Å². The molecule has 22 heavy (non-hydrogen) atoms. The van der Waals surface area contributed by atoms with Crippen molar-refractivity contribution < 1.29 is 9.53 Å². The van der Waals surface area contributed by atoms with Gasteiger partial charge in [-0.05, 0) is 55.3 Å². The van der Waals surface area contributed by atoms with Gasteiger partial charge in [0, 0.05) is 6.54 Å². The molecule has 1 aliphatic rings. The van der Waals surface area contributed by atoms with Gasteiger partial charge in [0.25, 0.3) is 0 Å². The topological polar surface area (TPSA) is 80.0 Å². The van der Waals surface area contributed by atoms with Crippen LogP contribution in [0, 0.1) is 0 Å². The van der Waals surface area contributed by atoms with Gasteiger partial charge in [-0.3, -0.25) is 4.90 Å². The number of nitrogens with zero attached hydrogens (tertiary/aromatic N) is 2. The summed E-state index contributed by atoms with van der Waals surface area (Å²) in [6.45, 7) is 3.09. The van der Waals surface area contributed by atoms with Crippen LogP contribution in [0.25, 0.3) is 0 Å². The molecule has 0 atom stereocenters. The zero-order valence-electron chi connectivity index (χ0n) is 13.0. The molecule has 3 N–H and O–H groups in total. The van der Waals surface area contributed by atoms with E-state index < -0.39 is 6.03 Å². The Morgan fingerprint density at radius 2 is 2.09 bits per heavy atom. The van der Waals surface area contributed by atoms with E-state index in [1.165, 1.54) is 25.7 Å². The van der Waals surface area contributed by atoms with Gasteiger partial charge in [0.1, 0.15) is 5.75 Å². The maximum absolute atomic E-state index is 10.7. The van der Waals surface area contributed by atoms with Crippen LogP contribution in [0.1, 0.15) is 36.8 Å². The number of methoxy groups -OCH3 is 1. The van der Waals surface area contributed by atoms with Crippen molar-refractivity contribution in [3.63, 3.8) is 0 Å². The average Bonchev–Trinajstić information content (AvgIpc) is 2.77. The Morgan fingerprint density at radius 3 is 2.73 bits per heavy atom. The third kappa shape index (κ3) is 5.04. The van der Waals surface area contributed by atoms with Crippen molar-refractivity contribution in [3.8, 4) is 5.75 Å². The molecule has 1 aliphatic heterocycles. The molecular formula is C16H24N4O2. The summed E-state index contributed by atoms with van der Waals surface area (Å²) in [4.78, 5) is 13.2. The first kappa shape index (κ1) is 16.3. The standard InChI is InChI=1S/C16H24N4O2/c1-22-15-7-6-13(11-18-19-16(17)21)14(10-15)12-20-8-4-2-3-5-9-20/h6-7,10-11H,2-5,8-9,12H2,1H3,(H3,17,19,21). The maximum atomic E-state index is 10.7. The highest BCUT2D eigenvalue weighted by atomic mass is 16.5. The molecular weight excluding hydrogens is 280 g/mol. The first-order valence-corrected chi connectivity index (χ1v) is 7.67. The number of hydrogen-bond acceptors (Lipinski definition) is 4. The van der Waals surface area contributed by atoms with Crippen molar-refractivity contribution in [1.29, 1.82) is 0 Å². The lowest BCUT2D eigenvalue weighted by Gasteiger charge is -2.21. The quantitative estimate of drug-likeness (QED) is 0.645. The number of nitrogens with one attached hydrogen (secondary N) is 1. The fourth-order valence-electron chi connectivity index (χ4n) is 2.67. The van der Waals surface area contributed by atoms with Crippen LogP contribution in [0.5, 0.6) is 5.75 Å². The Morgan fingerprint density at radius 1 is 1.36 bits per heavy atom. The summed E-state index contributed by atoms with van der Waals surface area (Å²) in [5.41, 5.74) is 9.33. The number of likely N-dealkylation sites (tertiary alicyclic amines) is 1. The number of carbonyl (C=O) groups excluding carboxylic acids is 1. The monoisotopic (exact) mass is 304 g/mol. The number of primary amides is 1. The normalized spacial score (nSPS) is 16.4. The summed E-state index contributed by atoms with van der Waals surface area (Å²) in [6, 6.07) is 5.19. The van der Waals surface area contributed by atoms with Crippen LogP contribution in [0.2, 0.25) is 0 Å². The number of nitrogens with two attached hydrogens (primary N) is 1. The summed E-state index contributed by atoms with van der Waals surface area (Å²) in [6.07, 6.45) is 6.74. The summed E-state index contributed by atoms with van der Waals surface area (Å²) in [5, 5.41) is 3.86. The van der Waals surface area contributed by atoms with Gasteiger partial charge in [0.2, 0.25) is 0 Å². The highest BCUT2D eigenvalue weighted by Gasteiger charge is 2.12. The molecule has 2 rings (SSSR count). The van der Waals surface area contributed by atoms with E-state index in [-0.39, 0.29) is 0 Å². The minimum Gasteiger partial charge on any atom is -0.497 e. The Bertz CT molecular complexity index is 523. The first-order chi connectivity index (χ1) is 10.7. The number of rotatable bonds is 5. The number of benzene rings is 1. The molecule has 120 valence electrons. The number of hydrogen-bond donors (Lipinski definition) is 2. The number of ether oxygens (including phenoxy) is 1. The third-order valence-electron chi connectivity index (χ3n) is 3.82. The zero-order chi connectivity index (χ0) is 15.8. The average molecular weight is 304 g/mol. The van der Waals surface area contributed by atoms with E-state index >= 15 is 0 Å². The zero-order valence-corrected chi connectivity index (χ0v) is 13.0. The largest absolute Gasteiger partial charge is 0.497 e. The number of urea groups is 1. The van der Waals surface area contributed by atoms with Crippen LogP contribution >= 0.6 is 0 Å². The van der Waals surface area contributed by atoms with Crippen molar-refractivity contribution in [2.24, 2.45) is 10.8 Å². The summed E-state index contributed by atoms with van der Waals surface area (Å²) in [5.74, 6) is 0.824. The van der Waals surface area contributed by atoms with Crippen molar-refractivity contribution in [2.75, 3.05) is 20.2 Å². The van der Waals surface area contributed by atoms with Gasteiger partial charge in [-0.15, -0.1) is 0 Å². The van der Waals surface area contributed by atoms with E-state index in [2.05, 4.69) is 15.4 Å². The Kier molecular flexibility index (Phi) is 6.21. The predicted molar refractivity (Wildman–Crippen MR) is 87.1 cm³/mol. The first-order valence-electron chi connectivity index (χ1n) is 7.67. The lowest BCUT2D eigenvalue weighted by atomic mass is 10.1. The van der Waals surface area contributed by atoms with Gasteiger partial charge >= 0.3 is 6.03 Å². The van der Waals surface area contributed by atoms with Gasteiger partial charge < -0.3 is 10.5 Å². The van der Waals surface area contributed by atoms with E-state index in [4.69, 9.17) is 10.5 Å². The van der Waals surface area contributed by atoms with E-state index in [0.717, 1.165) is 36.5 Å². The predicted octanol–water partition coefficient (Wildman–Crippen LogP) is 2.07. The van der Waals surface area contributed by atoms with Crippen LogP contribution in [-0.2, 0) is 6.54 Å². The SMILES string of the molecule is COc1ccc(C=NNC(N)=O)c(CN2CCCCCC2)c1. The molecule has 1 heterocycles. The molecule has 1 aromatic carbocycles. The smallest absolute Gasteiger partial charge is 0.332 e. The second-order valence-electron chi connectivity index (χ2n) is 5.49. The molecule has 1 aromatic rings. The van der Waals surface area contributed by atoms with Crippen LogP contribution in [0.15, 0.2) is 23.3 Å². The Labute approximate surface area is 131 Å². The van der Waals surface area contributed by atoms with Gasteiger partial charge in [-0.1, -0.05) is 12.8 Å². The summed E-state index contributed by atoms with van der Waals surface area (Å²) >= 11 is 0. The van der Waals surface area contributed by atoms with Gasteiger partial charge in [0.15, 0.2) is 0 Å². The second kappa shape index (κ2) is 8.38. The Hall–Kier alpha value is -2.08. The summed E-state index contributed by atoms with van der Waals surface area (Å²) < 4.78 is 5.31. The van der Waals surface area contributed by atoms with E-state index in [1.807, 2.05) is 18.2 Å². The van der Waals surface area contributed by atoms with Crippen LogP contribution < -0.4 is 15.9 Å². The molecule has 1 fully saturated rings. The molecule has 2 amide bonds. The molecule has 1 saturated heterocycles. The van der Waals surface area contributed by atoms with Gasteiger partial charge in [-0.2, -0.15) is 5.10 Å². The maximum Gasteiger partial charge on any atom is 0.332 e. The number of hydrazone groups is 1. The molecule has 0 saturated carbocycles. The van der Waals surface area contributed by atoms with E-state index in [1.54, 1.807) is 13.3 Å². The second-order valence-corrected chi connectivity index (χ2v) is 5.49. The number of carbonyl (C=O) groups is 1. The van der Waals surface area contributed by atoms with Gasteiger partial charge in [-0.25, -0.2) is 10.2 Å². The minimum atomic E-state index is -0.668. The molecule has 0 aliphatic carbocycles. The fraction of sp³-hybridized carbons (Fsp3) is 0.500. The van der Waals surface area contributed by atoms with Gasteiger partial charge in [0.05, 0.1) is 13.3 Å². The van der Waals surface area contributed by atoms with Crippen LogP contribution in [-0.4, -0.2) is 37.3 Å². The molecule has 0 spiro atoms. The number of amides is 2. The minimum absolute atomic E-state index is 0.668.